The maximum absolute atomic E-state index is 12.6. The molecule has 2 heterocycles. The molecule has 0 spiro atoms. The molecule has 29 heavy (non-hydrogen) atoms. The molecule has 0 aliphatic heterocycles. The van der Waals surface area contributed by atoms with Gasteiger partial charge in [-0.25, -0.2) is 0 Å². The lowest BCUT2D eigenvalue weighted by molar-refractivity contribution is -0.116. The summed E-state index contributed by atoms with van der Waals surface area (Å²) >= 11 is 5.33. The van der Waals surface area contributed by atoms with Crippen molar-refractivity contribution in [1.82, 2.24) is 19.7 Å². The van der Waals surface area contributed by atoms with E-state index in [0.717, 1.165) is 41.4 Å². The molecule has 4 rings (SSSR count). The summed E-state index contributed by atoms with van der Waals surface area (Å²) in [7, 11) is 0. The first-order valence-electron chi connectivity index (χ1n) is 9.57. The van der Waals surface area contributed by atoms with Crippen molar-refractivity contribution in [2.45, 2.75) is 32.2 Å². The van der Waals surface area contributed by atoms with E-state index >= 15 is 0 Å². The second-order valence-electron chi connectivity index (χ2n) is 6.93. The first kappa shape index (κ1) is 19.1. The molecule has 4 aromatic rings. The van der Waals surface area contributed by atoms with E-state index in [9.17, 15) is 9.59 Å². The predicted octanol–water partition coefficient (Wildman–Crippen LogP) is 4.13. The molecule has 3 N–H and O–H groups in total. The number of carbonyl (C=O) groups is 1. The Hall–Kier alpha value is -3.26. The number of carbonyl (C=O) groups excluding carboxylic acids is 1. The van der Waals surface area contributed by atoms with Gasteiger partial charge in [0, 0.05) is 18.4 Å². The number of fused-ring (bicyclic) bond motifs is 2. The van der Waals surface area contributed by atoms with E-state index in [2.05, 4.69) is 20.5 Å². The van der Waals surface area contributed by atoms with Crippen molar-refractivity contribution in [1.29, 1.82) is 0 Å². The Balaban J connectivity index is 1.30. The van der Waals surface area contributed by atoms with Crippen LogP contribution >= 0.6 is 12.2 Å². The molecule has 0 bridgehead atoms. The number of hydrogen-bond donors (Lipinski definition) is 3. The van der Waals surface area contributed by atoms with E-state index in [1.54, 1.807) is 16.8 Å². The second-order valence-corrected chi connectivity index (χ2v) is 7.32. The second kappa shape index (κ2) is 8.40. The molecule has 0 unspecified atom stereocenters. The van der Waals surface area contributed by atoms with Gasteiger partial charge in [0.1, 0.15) is 0 Å². The van der Waals surface area contributed by atoms with Crippen LogP contribution in [0.1, 0.15) is 25.7 Å². The summed E-state index contributed by atoms with van der Waals surface area (Å²) in [5.41, 5.74) is 2.24. The fraction of sp³-hybridized carbons (Fsp3) is 0.238. The predicted molar refractivity (Wildman–Crippen MR) is 117 cm³/mol. The standard InChI is InChI=1S/C21H21N5O2S/c27-18(23-17-10-6-7-14-13-22-25-19(14)17)11-2-1-5-12-26-20(28)15-8-3-4-9-16(15)24-21(26)29/h3-4,6-10,13H,1-2,5,11-12H2,(H,22,25)(H,23,27)(H,24,29). The highest BCUT2D eigenvalue weighted by Crippen LogP contribution is 2.20. The third-order valence-electron chi connectivity index (χ3n) is 4.93. The zero-order chi connectivity index (χ0) is 20.2. The first-order valence-corrected chi connectivity index (χ1v) is 9.98. The molecule has 0 atom stereocenters. The average molecular weight is 407 g/mol. The van der Waals surface area contributed by atoms with Crippen LogP contribution in [-0.4, -0.2) is 25.7 Å². The maximum Gasteiger partial charge on any atom is 0.262 e. The zero-order valence-electron chi connectivity index (χ0n) is 15.8. The Bertz CT molecular complexity index is 1290. The minimum Gasteiger partial charge on any atom is -0.332 e. The molecule has 0 saturated heterocycles. The van der Waals surface area contributed by atoms with Gasteiger partial charge in [-0.2, -0.15) is 5.10 Å². The van der Waals surface area contributed by atoms with Gasteiger partial charge < -0.3 is 10.3 Å². The van der Waals surface area contributed by atoms with Crippen LogP contribution in [0.25, 0.3) is 21.8 Å². The SMILES string of the molecule is O=C(CCCCCn1c(=S)[nH]c2ccccc2c1=O)Nc1cccc2cn[nH]c12. The van der Waals surface area contributed by atoms with Gasteiger partial charge in [0.15, 0.2) is 4.77 Å². The van der Waals surface area contributed by atoms with Crippen LogP contribution in [0.4, 0.5) is 5.69 Å². The largest absolute Gasteiger partial charge is 0.332 e. The van der Waals surface area contributed by atoms with Gasteiger partial charge >= 0.3 is 0 Å². The molecular formula is C21H21N5O2S. The number of rotatable bonds is 7. The minimum absolute atomic E-state index is 0.0349. The molecule has 2 aromatic carbocycles. The summed E-state index contributed by atoms with van der Waals surface area (Å²) in [4.78, 5) is 28.0. The smallest absolute Gasteiger partial charge is 0.262 e. The fourth-order valence-electron chi connectivity index (χ4n) is 3.42. The van der Waals surface area contributed by atoms with E-state index in [4.69, 9.17) is 12.2 Å². The molecule has 0 saturated carbocycles. The van der Waals surface area contributed by atoms with Gasteiger partial charge in [-0.3, -0.25) is 19.3 Å². The highest BCUT2D eigenvalue weighted by molar-refractivity contribution is 7.71. The number of unbranched alkanes of at least 4 members (excludes halogenated alkanes) is 2. The van der Waals surface area contributed by atoms with Crippen LogP contribution in [0.3, 0.4) is 0 Å². The van der Waals surface area contributed by atoms with Crippen molar-refractivity contribution in [3.63, 3.8) is 0 Å². The van der Waals surface area contributed by atoms with Crippen LogP contribution in [-0.2, 0) is 11.3 Å². The van der Waals surface area contributed by atoms with Crippen molar-refractivity contribution in [3.05, 3.63) is 63.8 Å². The van der Waals surface area contributed by atoms with Gasteiger partial charge in [-0.05, 0) is 43.3 Å². The minimum atomic E-state index is -0.0743. The lowest BCUT2D eigenvalue weighted by Gasteiger charge is -2.08. The molecule has 2 aromatic heterocycles. The van der Waals surface area contributed by atoms with E-state index < -0.39 is 0 Å². The van der Waals surface area contributed by atoms with Crippen LogP contribution in [0.2, 0.25) is 0 Å². The van der Waals surface area contributed by atoms with Crippen molar-refractivity contribution in [2.24, 2.45) is 0 Å². The Morgan fingerprint density at radius 3 is 2.86 bits per heavy atom. The molecule has 1 amide bonds. The third-order valence-corrected chi connectivity index (χ3v) is 5.25. The van der Waals surface area contributed by atoms with E-state index in [1.165, 1.54) is 0 Å². The summed E-state index contributed by atoms with van der Waals surface area (Å²) in [6.45, 7) is 0.536. The summed E-state index contributed by atoms with van der Waals surface area (Å²) in [5.74, 6) is -0.0349. The Morgan fingerprint density at radius 2 is 1.97 bits per heavy atom. The molecule has 0 radical (unpaired) electrons. The van der Waals surface area contributed by atoms with Gasteiger partial charge in [-0.15, -0.1) is 0 Å². The highest BCUT2D eigenvalue weighted by Gasteiger charge is 2.08. The number of nitrogens with one attached hydrogen (secondary N) is 3. The van der Waals surface area contributed by atoms with Crippen molar-refractivity contribution < 1.29 is 4.79 Å². The summed E-state index contributed by atoms with van der Waals surface area (Å²) in [5, 5.41) is 11.4. The van der Waals surface area contributed by atoms with Gasteiger partial charge in [0.25, 0.3) is 5.56 Å². The molecule has 0 aliphatic carbocycles. The van der Waals surface area contributed by atoms with Crippen LogP contribution < -0.4 is 10.9 Å². The van der Waals surface area contributed by atoms with Gasteiger partial charge in [-0.1, -0.05) is 30.7 Å². The van der Waals surface area contributed by atoms with Crippen LogP contribution in [0, 0.1) is 4.77 Å². The number of amides is 1. The first-order chi connectivity index (χ1) is 14.1. The fourth-order valence-corrected chi connectivity index (χ4v) is 3.70. The normalized spacial score (nSPS) is 11.2. The Kier molecular flexibility index (Phi) is 5.53. The highest BCUT2D eigenvalue weighted by atomic mass is 32.1. The van der Waals surface area contributed by atoms with Crippen molar-refractivity contribution in [2.75, 3.05) is 5.32 Å². The van der Waals surface area contributed by atoms with Gasteiger partial charge in [0.05, 0.1) is 28.3 Å². The molecule has 8 heteroatoms. The van der Waals surface area contributed by atoms with Crippen molar-refractivity contribution >= 4 is 45.6 Å². The van der Waals surface area contributed by atoms with Crippen LogP contribution in [0.5, 0.6) is 0 Å². The molecule has 148 valence electrons. The number of aromatic amines is 2. The number of para-hydroxylation sites is 2. The monoisotopic (exact) mass is 407 g/mol. The third kappa shape index (κ3) is 4.12. The number of anilines is 1. The Morgan fingerprint density at radius 1 is 1.10 bits per heavy atom. The lowest BCUT2D eigenvalue weighted by atomic mass is 10.1. The average Bonchev–Trinajstić information content (AvgIpc) is 3.20. The maximum atomic E-state index is 12.6. The van der Waals surface area contributed by atoms with Crippen LogP contribution in [0.15, 0.2) is 53.5 Å². The number of benzene rings is 2. The van der Waals surface area contributed by atoms with E-state index in [1.807, 2.05) is 36.4 Å². The summed E-state index contributed by atoms with van der Waals surface area (Å²) in [6, 6.07) is 13.0. The molecule has 0 aliphatic rings. The summed E-state index contributed by atoms with van der Waals surface area (Å²) in [6.07, 6.45) is 4.49. The zero-order valence-corrected chi connectivity index (χ0v) is 16.6. The lowest BCUT2D eigenvalue weighted by Crippen LogP contribution is -2.22. The molecule has 7 nitrogen and oxygen atoms in total. The number of H-pyrrole nitrogens is 2. The van der Waals surface area contributed by atoms with E-state index in [0.29, 0.717) is 23.1 Å². The van der Waals surface area contributed by atoms with Crippen molar-refractivity contribution in [3.8, 4) is 0 Å². The Labute approximate surface area is 171 Å². The number of aromatic nitrogens is 4. The number of nitrogens with zero attached hydrogens (tertiary/aromatic N) is 2. The molecular weight excluding hydrogens is 386 g/mol. The number of hydrogen-bond acceptors (Lipinski definition) is 4. The van der Waals surface area contributed by atoms with E-state index in [-0.39, 0.29) is 11.5 Å². The molecule has 0 fully saturated rings. The quantitative estimate of drug-likeness (QED) is 0.317. The van der Waals surface area contributed by atoms with Gasteiger partial charge in [0.2, 0.25) is 5.91 Å². The summed E-state index contributed by atoms with van der Waals surface area (Å²) < 4.78 is 2.02. The topological polar surface area (TPSA) is 95.6 Å².